The van der Waals surface area contributed by atoms with Gasteiger partial charge in [-0.15, -0.1) is 22.7 Å². The summed E-state index contributed by atoms with van der Waals surface area (Å²) in [6.07, 6.45) is 0. The number of benzene rings is 3. The lowest BCUT2D eigenvalue weighted by atomic mass is 9.85. The van der Waals surface area contributed by atoms with Crippen LogP contribution in [0.2, 0.25) is 0 Å². The summed E-state index contributed by atoms with van der Waals surface area (Å²) in [7, 11) is 0. The second-order valence-electron chi connectivity index (χ2n) is 13.2. The molecule has 0 N–H and O–H groups in total. The van der Waals surface area contributed by atoms with E-state index in [0.717, 1.165) is 0 Å². The topological polar surface area (TPSA) is 9.86 Å². The Morgan fingerprint density at radius 1 is 0.476 bits per heavy atom. The highest BCUT2D eigenvalue weighted by Crippen LogP contribution is 2.39. The van der Waals surface area contributed by atoms with Crippen LogP contribution in [0.15, 0.2) is 108 Å². The molecule has 7 rings (SSSR count). The van der Waals surface area contributed by atoms with Gasteiger partial charge in [-0.1, -0.05) is 65.8 Å². The molecule has 0 saturated heterocycles. The van der Waals surface area contributed by atoms with Gasteiger partial charge in [-0.2, -0.15) is 0 Å². The summed E-state index contributed by atoms with van der Waals surface area (Å²) in [4.78, 5) is 2.54. The molecule has 0 spiro atoms. The second kappa shape index (κ2) is 9.86. The van der Waals surface area contributed by atoms with Crippen molar-refractivity contribution in [3.05, 3.63) is 119 Å². The monoisotopic (exact) mass is 584 g/mol. The first-order valence-corrected chi connectivity index (χ1v) is 16.3. The van der Waals surface area contributed by atoms with Crippen LogP contribution in [-0.4, -0.2) is 9.13 Å². The Morgan fingerprint density at radius 3 is 1.29 bits per heavy atom. The van der Waals surface area contributed by atoms with Gasteiger partial charge in [0.15, 0.2) is 0 Å². The first-order chi connectivity index (χ1) is 20.1. The third-order valence-corrected chi connectivity index (χ3v) is 10.1. The van der Waals surface area contributed by atoms with Crippen molar-refractivity contribution in [2.24, 2.45) is 0 Å². The van der Waals surface area contributed by atoms with Crippen molar-refractivity contribution in [2.75, 3.05) is 0 Å². The molecule has 4 aromatic heterocycles. The van der Waals surface area contributed by atoms with Gasteiger partial charge < -0.3 is 9.13 Å². The minimum atomic E-state index is 0.0865. The van der Waals surface area contributed by atoms with Crippen LogP contribution >= 0.6 is 22.7 Å². The number of thiophene rings is 2. The fourth-order valence-corrected chi connectivity index (χ4v) is 7.42. The molecule has 4 heterocycles. The molecule has 2 nitrogen and oxygen atoms in total. The highest BCUT2D eigenvalue weighted by molar-refractivity contribution is 7.14. The van der Waals surface area contributed by atoms with E-state index in [9.17, 15) is 0 Å². The lowest BCUT2D eigenvalue weighted by Crippen LogP contribution is -2.10. The molecule has 0 saturated carbocycles. The lowest BCUT2D eigenvalue weighted by Gasteiger charge is -2.19. The van der Waals surface area contributed by atoms with E-state index in [4.69, 9.17) is 0 Å². The second-order valence-corrected chi connectivity index (χ2v) is 15.1. The maximum absolute atomic E-state index is 2.43. The Labute approximate surface area is 256 Å². The zero-order chi connectivity index (χ0) is 29.2. The molecule has 0 bridgehead atoms. The van der Waals surface area contributed by atoms with Crippen LogP contribution in [-0.2, 0) is 10.8 Å². The van der Waals surface area contributed by atoms with Crippen LogP contribution in [0.5, 0.6) is 0 Å². The summed E-state index contributed by atoms with van der Waals surface area (Å²) in [6.45, 7) is 13.8. The van der Waals surface area contributed by atoms with E-state index in [0.29, 0.717) is 0 Å². The molecule has 0 aliphatic carbocycles. The molecule has 7 aromatic rings. The number of hydrogen-bond acceptors (Lipinski definition) is 2. The zero-order valence-corrected chi connectivity index (χ0v) is 26.7. The van der Waals surface area contributed by atoms with E-state index in [1.165, 1.54) is 65.4 Å². The summed E-state index contributed by atoms with van der Waals surface area (Å²) >= 11 is 3.57. The van der Waals surface area contributed by atoms with Crippen molar-refractivity contribution < 1.29 is 0 Å². The molecule has 0 aliphatic rings. The highest BCUT2D eigenvalue weighted by Gasteiger charge is 2.21. The molecule has 42 heavy (non-hydrogen) atoms. The Bertz CT molecular complexity index is 1900. The van der Waals surface area contributed by atoms with Crippen LogP contribution < -0.4 is 0 Å². The maximum atomic E-state index is 2.43. The predicted octanol–water partition coefficient (Wildman–Crippen LogP) is 11.6. The zero-order valence-electron chi connectivity index (χ0n) is 25.1. The van der Waals surface area contributed by atoms with Gasteiger partial charge >= 0.3 is 0 Å². The van der Waals surface area contributed by atoms with Crippen molar-refractivity contribution in [2.45, 2.75) is 52.4 Å². The van der Waals surface area contributed by atoms with Gasteiger partial charge in [0.2, 0.25) is 0 Å². The van der Waals surface area contributed by atoms with Gasteiger partial charge in [0.1, 0.15) is 0 Å². The molecule has 0 fully saturated rings. The molecule has 4 heteroatoms. The minimum absolute atomic E-state index is 0.0865. The highest BCUT2D eigenvalue weighted by atomic mass is 32.1. The molecule has 0 radical (unpaired) electrons. The largest absolute Gasteiger partial charge is 0.309 e. The summed E-state index contributed by atoms with van der Waals surface area (Å²) in [5.74, 6) is 0. The van der Waals surface area contributed by atoms with Gasteiger partial charge in [0.25, 0.3) is 0 Å². The molecule has 3 aromatic carbocycles. The maximum Gasteiger partial charge on any atom is 0.0635 e. The van der Waals surface area contributed by atoms with E-state index in [1.807, 2.05) is 0 Å². The summed E-state index contributed by atoms with van der Waals surface area (Å²) < 4.78 is 4.84. The van der Waals surface area contributed by atoms with Crippen LogP contribution in [0.3, 0.4) is 0 Å². The number of aromatic nitrogens is 2. The summed E-state index contributed by atoms with van der Waals surface area (Å²) in [5.41, 5.74) is 10.2. The third-order valence-electron chi connectivity index (χ3n) is 8.29. The van der Waals surface area contributed by atoms with Gasteiger partial charge in [0, 0.05) is 22.1 Å². The average Bonchev–Trinajstić information content (AvgIpc) is 3.76. The fraction of sp³-hybridized carbons (Fsp3) is 0.211. The average molecular weight is 585 g/mol. The van der Waals surface area contributed by atoms with Crippen LogP contribution in [0.25, 0.3) is 54.3 Å². The molecular weight excluding hydrogens is 549 g/mol. The number of hydrogen-bond donors (Lipinski definition) is 0. The fourth-order valence-electron chi connectivity index (χ4n) is 5.93. The summed E-state index contributed by atoms with van der Waals surface area (Å²) in [6, 6.07) is 36.3. The van der Waals surface area contributed by atoms with E-state index >= 15 is 0 Å². The van der Waals surface area contributed by atoms with Crippen molar-refractivity contribution in [1.82, 2.24) is 9.13 Å². The predicted molar refractivity (Wildman–Crippen MR) is 184 cm³/mol. The minimum Gasteiger partial charge on any atom is -0.309 e. The van der Waals surface area contributed by atoms with Gasteiger partial charge in [-0.3, -0.25) is 0 Å². The molecular formula is C38H36N2S2. The number of rotatable bonds is 4. The van der Waals surface area contributed by atoms with E-state index in [2.05, 4.69) is 158 Å². The SMILES string of the molecule is CC(C)(C)c1ccc2c(c1)c1cc(C(C)(C)C)ccc1n2-c1ccc(-n2c(-c3cccs3)ccc2-c2cccs2)cc1. The van der Waals surface area contributed by atoms with Crippen molar-refractivity contribution in [1.29, 1.82) is 0 Å². The Morgan fingerprint density at radius 2 is 0.905 bits per heavy atom. The molecule has 0 unspecified atom stereocenters. The van der Waals surface area contributed by atoms with E-state index in [-0.39, 0.29) is 10.8 Å². The molecule has 0 aliphatic heterocycles. The molecule has 210 valence electrons. The first kappa shape index (κ1) is 27.0. The third kappa shape index (κ3) is 4.54. The number of fused-ring (bicyclic) bond motifs is 3. The van der Waals surface area contributed by atoms with E-state index in [1.54, 1.807) is 22.7 Å². The molecule has 0 amide bonds. The first-order valence-electron chi connectivity index (χ1n) is 14.6. The van der Waals surface area contributed by atoms with Crippen LogP contribution in [0, 0.1) is 0 Å². The Hall–Kier alpha value is -3.86. The van der Waals surface area contributed by atoms with Gasteiger partial charge in [-0.05, 0) is 106 Å². The van der Waals surface area contributed by atoms with Crippen LogP contribution in [0.1, 0.15) is 52.7 Å². The smallest absolute Gasteiger partial charge is 0.0635 e. The van der Waals surface area contributed by atoms with E-state index < -0.39 is 0 Å². The lowest BCUT2D eigenvalue weighted by molar-refractivity contribution is 0.590. The Balaban J connectivity index is 1.42. The van der Waals surface area contributed by atoms with Crippen LogP contribution in [0.4, 0.5) is 0 Å². The van der Waals surface area contributed by atoms with Crippen molar-refractivity contribution in [3.8, 4) is 32.5 Å². The number of nitrogens with zero attached hydrogens (tertiary/aromatic N) is 2. The quantitative estimate of drug-likeness (QED) is 0.195. The van der Waals surface area contributed by atoms with Gasteiger partial charge in [0.05, 0.1) is 32.2 Å². The van der Waals surface area contributed by atoms with Crippen molar-refractivity contribution in [3.63, 3.8) is 0 Å². The normalized spacial score (nSPS) is 12.5. The molecule has 0 atom stereocenters. The van der Waals surface area contributed by atoms with Crippen molar-refractivity contribution >= 4 is 44.5 Å². The Kier molecular flexibility index (Phi) is 6.34. The van der Waals surface area contributed by atoms with Gasteiger partial charge in [-0.25, -0.2) is 0 Å². The summed E-state index contributed by atoms with van der Waals surface area (Å²) in [5, 5.41) is 6.94. The standard InChI is InChI=1S/C38H36N2S2/c1-37(2,3)25-11-17-31-29(23-25)30-24-26(38(4,5)6)12-18-32(30)39(31)27-13-15-28(16-14-27)40-33(35-9-7-21-41-35)19-20-34(40)36-10-8-22-42-36/h7-24H,1-6H3.